The molecular formula is C17H26N2OS. The summed E-state index contributed by atoms with van der Waals surface area (Å²) in [7, 11) is 0. The molecule has 1 aromatic rings. The van der Waals surface area contributed by atoms with Crippen LogP contribution in [0.5, 0.6) is 0 Å². The molecule has 2 unspecified atom stereocenters. The number of ether oxygens (including phenoxy) is 1. The molecule has 2 atom stereocenters. The Kier molecular flexibility index (Phi) is 4.87. The van der Waals surface area contributed by atoms with Crippen molar-refractivity contribution in [1.29, 1.82) is 0 Å². The number of pyridine rings is 1. The van der Waals surface area contributed by atoms with E-state index in [1.54, 1.807) is 0 Å². The Labute approximate surface area is 132 Å². The summed E-state index contributed by atoms with van der Waals surface area (Å²) in [5.41, 5.74) is 9.12. The maximum Gasteiger partial charge on any atom is 0.0701 e. The monoisotopic (exact) mass is 306 g/mol. The molecule has 2 aliphatic heterocycles. The van der Waals surface area contributed by atoms with E-state index in [0.717, 1.165) is 31.6 Å². The predicted molar refractivity (Wildman–Crippen MR) is 88.5 cm³/mol. The van der Waals surface area contributed by atoms with Crippen molar-refractivity contribution in [2.75, 3.05) is 18.1 Å². The fourth-order valence-corrected chi connectivity index (χ4v) is 4.97. The van der Waals surface area contributed by atoms with Gasteiger partial charge in [-0.05, 0) is 61.2 Å². The molecular weight excluding hydrogens is 280 g/mol. The molecule has 3 nitrogen and oxygen atoms in total. The number of thioether (sulfide) groups is 1. The first-order chi connectivity index (χ1) is 10.2. The van der Waals surface area contributed by atoms with Crippen molar-refractivity contribution in [2.45, 2.75) is 50.7 Å². The molecule has 2 saturated heterocycles. The Morgan fingerprint density at radius 3 is 3.05 bits per heavy atom. The van der Waals surface area contributed by atoms with Gasteiger partial charge in [0.1, 0.15) is 0 Å². The molecule has 1 aromatic heterocycles. The van der Waals surface area contributed by atoms with Gasteiger partial charge in [-0.2, -0.15) is 11.8 Å². The Hall–Kier alpha value is -0.580. The highest BCUT2D eigenvalue weighted by Gasteiger charge is 2.41. The zero-order valence-electron chi connectivity index (χ0n) is 12.9. The molecule has 1 spiro atoms. The van der Waals surface area contributed by atoms with Crippen LogP contribution in [0.1, 0.15) is 49.9 Å². The lowest BCUT2D eigenvalue weighted by molar-refractivity contribution is -0.106. The fourth-order valence-electron chi connectivity index (χ4n) is 3.74. The average molecular weight is 306 g/mol. The largest absolute Gasteiger partial charge is 0.375 e. The number of hydrogen-bond acceptors (Lipinski definition) is 4. The summed E-state index contributed by atoms with van der Waals surface area (Å²) in [6, 6.07) is 4.23. The standard InChI is InChI=1S/C17H26N2OS/c1-2-13-4-3-8-19-16(13)15(18)14-5-9-20-17(12-14)6-10-21-11-7-17/h3-4,8,14-15H,2,5-7,9-12,18H2,1H3. The molecule has 0 aromatic carbocycles. The second kappa shape index (κ2) is 6.67. The van der Waals surface area contributed by atoms with Gasteiger partial charge >= 0.3 is 0 Å². The van der Waals surface area contributed by atoms with E-state index in [1.165, 1.54) is 29.9 Å². The number of hydrogen-bond donors (Lipinski definition) is 1. The Morgan fingerprint density at radius 1 is 1.48 bits per heavy atom. The first-order valence-electron chi connectivity index (χ1n) is 8.15. The third-order valence-electron chi connectivity index (χ3n) is 5.07. The Bertz CT molecular complexity index is 468. The average Bonchev–Trinajstić information content (AvgIpc) is 2.55. The van der Waals surface area contributed by atoms with E-state index in [1.807, 2.05) is 12.3 Å². The Morgan fingerprint density at radius 2 is 2.29 bits per heavy atom. The number of nitrogens with zero attached hydrogens (tertiary/aromatic N) is 1. The summed E-state index contributed by atoms with van der Waals surface area (Å²) in [6.45, 7) is 3.04. The lowest BCUT2D eigenvalue weighted by Gasteiger charge is -2.44. The van der Waals surface area contributed by atoms with Gasteiger partial charge in [-0.25, -0.2) is 0 Å². The van der Waals surface area contributed by atoms with Gasteiger partial charge in [0.2, 0.25) is 0 Å². The Balaban J connectivity index is 1.76. The third kappa shape index (κ3) is 3.27. The SMILES string of the molecule is CCc1cccnc1C(N)C1CCOC2(CCSCC2)C1. The van der Waals surface area contributed by atoms with Crippen molar-refractivity contribution in [3.63, 3.8) is 0 Å². The van der Waals surface area contributed by atoms with Crippen molar-refractivity contribution >= 4 is 11.8 Å². The zero-order valence-corrected chi connectivity index (χ0v) is 13.7. The van der Waals surface area contributed by atoms with E-state index < -0.39 is 0 Å². The first kappa shape index (κ1) is 15.3. The highest BCUT2D eigenvalue weighted by atomic mass is 32.2. The van der Waals surface area contributed by atoms with E-state index in [9.17, 15) is 0 Å². The molecule has 2 N–H and O–H groups in total. The van der Waals surface area contributed by atoms with Crippen molar-refractivity contribution < 1.29 is 4.74 Å². The summed E-state index contributed by atoms with van der Waals surface area (Å²) in [4.78, 5) is 4.59. The lowest BCUT2D eigenvalue weighted by atomic mass is 9.77. The van der Waals surface area contributed by atoms with E-state index in [2.05, 4.69) is 29.7 Å². The minimum Gasteiger partial charge on any atom is -0.375 e. The normalized spacial score (nSPS) is 26.7. The highest BCUT2D eigenvalue weighted by Crippen LogP contribution is 2.43. The van der Waals surface area contributed by atoms with Gasteiger partial charge in [0.25, 0.3) is 0 Å². The summed E-state index contributed by atoms with van der Waals surface area (Å²) >= 11 is 2.05. The summed E-state index contributed by atoms with van der Waals surface area (Å²) in [5.74, 6) is 2.96. The molecule has 116 valence electrons. The second-order valence-corrected chi connectivity index (χ2v) is 7.55. The highest BCUT2D eigenvalue weighted by molar-refractivity contribution is 7.99. The van der Waals surface area contributed by atoms with E-state index in [-0.39, 0.29) is 11.6 Å². The summed E-state index contributed by atoms with van der Waals surface area (Å²) in [5, 5.41) is 0. The quantitative estimate of drug-likeness (QED) is 0.930. The zero-order chi connectivity index (χ0) is 14.7. The van der Waals surface area contributed by atoms with E-state index in [4.69, 9.17) is 10.5 Å². The molecule has 0 aliphatic carbocycles. The molecule has 0 radical (unpaired) electrons. The van der Waals surface area contributed by atoms with Crippen LogP contribution in [-0.2, 0) is 11.2 Å². The maximum atomic E-state index is 6.61. The molecule has 0 amide bonds. The van der Waals surface area contributed by atoms with Crippen LogP contribution in [0.25, 0.3) is 0 Å². The maximum absolute atomic E-state index is 6.61. The van der Waals surface area contributed by atoms with E-state index >= 15 is 0 Å². The molecule has 21 heavy (non-hydrogen) atoms. The number of nitrogens with two attached hydrogens (primary N) is 1. The number of aryl methyl sites for hydroxylation is 1. The molecule has 0 bridgehead atoms. The van der Waals surface area contributed by atoms with Crippen LogP contribution in [0.4, 0.5) is 0 Å². The van der Waals surface area contributed by atoms with Gasteiger partial charge in [0.05, 0.1) is 17.3 Å². The fraction of sp³-hybridized carbons (Fsp3) is 0.706. The summed E-state index contributed by atoms with van der Waals surface area (Å²) < 4.78 is 6.19. The second-order valence-electron chi connectivity index (χ2n) is 6.32. The van der Waals surface area contributed by atoms with Gasteiger partial charge < -0.3 is 10.5 Å². The molecule has 3 heterocycles. The minimum atomic E-state index is 0.0523. The molecule has 2 fully saturated rings. The predicted octanol–water partition coefficient (Wildman–Crippen LogP) is 3.34. The van der Waals surface area contributed by atoms with Crippen LogP contribution < -0.4 is 5.73 Å². The van der Waals surface area contributed by atoms with Crippen LogP contribution >= 0.6 is 11.8 Å². The van der Waals surface area contributed by atoms with Crippen LogP contribution in [0.15, 0.2) is 18.3 Å². The van der Waals surface area contributed by atoms with Gasteiger partial charge in [0.15, 0.2) is 0 Å². The van der Waals surface area contributed by atoms with Gasteiger partial charge in [0, 0.05) is 12.8 Å². The third-order valence-corrected chi connectivity index (χ3v) is 6.05. The smallest absolute Gasteiger partial charge is 0.0701 e. The van der Waals surface area contributed by atoms with Crippen molar-refractivity contribution in [3.8, 4) is 0 Å². The van der Waals surface area contributed by atoms with Crippen molar-refractivity contribution in [3.05, 3.63) is 29.6 Å². The van der Waals surface area contributed by atoms with Crippen LogP contribution in [0.3, 0.4) is 0 Å². The molecule has 2 aliphatic rings. The van der Waals surface area contributed by atoms with Crippen molar-refractivity contribution in [1.82, 2.24) is 4.98 Å². The van der Waals surface area contributed by atoms with E-state index in [0.29, 0.717) is 5.92 Å². The van der Waals surface area contributed by atoms with Gasteiger partial charge in [-0.15, -0.1) is 0 Å². The first-order valence-corrected chi connectivity index (χ1v) is 9.31. The summed E-state index contributed by atoms with van der Waals surface area (Å²) in [6.07, 6.45) is 7.42. The number of aromatic nitrogens is 1. The minimum absolute atomic E-state index is 0.0523. The molecule has 0 saturated carbocycles. The topological polar surface area (TPSA) is 48.1 Å². The van der Waals surface area contributed by atoms with Gasteiger partial charge in [-0.1, -0.05) is 13.0 Å². The number of rotatable bonds is 3. The van der Waals surface area contributed by atoms with Crippen LogP contribution in [0, 0.1) is 5.92 Å². The van der Waals surface area contributed by atoms with Crippen LogP contribution in [-0.4, -0.2) is 28.7 Å². The lowest BCUT2D eigenvalue weighted by Crippen LogP contribution is -2.45. The van der Waals surface area contributed by atoms with Crippen molar-refractivity contribution in [2.24, 2.45) is 11.7 Å². The van der Waals surface area contributed by atoms with Gasteiger partial charge in [-0.3, -0.25) is 4.98 Å². The van der Waals surface area contributed by atoms with Crippen LogP contribution in [0.2, 0.25) is 0 Å². The molecule has 4 heteroatoms. The molecule has 3 rings (SSSR count).